The van der Waals surface area contributed by atoms with Gasteiger partial charge in [0.25, 0.3) is 0 Å². The minimum absolute atomic E-state index is 0.293. The number of aromatic carboxylic acids is 1. The molecule has 23 heavy (non-hydrogen) atoms. The Kier molecular flexibility index (Phi) is 5.61. The third-order valence-electron chi connectivity index (χ3n) is 4.08. The van der Waals surface area contributed by atoms with Gasteiger partial charge >= 0.3 is 5.97 Å². The number of nitrogens with zero attached hydrogens (tertiary/aromatic N) is 2. The van der Waals surface area contributed by atoms with Crippen LogP contribution in [0.4, 0.5) is 5.69 Å². The number of anilines is 1. The van der Waals surface area contributed by atoms with E-state index in [9.17, 15) is 18.3 Å². The minimum atomic E-state index is -3.11. The van der Waals surface area contributed by atoms with E-state index < -0.39 is 16.0 Å². The Morgan fingerprint density at radius 2 is 1.91 bits per heavy atom. The first-order valence-corrected chi connectivity index (χ1v) is 9.41. The van der Waals surface area contributed by atoms with Crippen LogP contribution in [-0.4, -0.2) is 67.7 Å². The molecule has 7 nitrogen and oxygen atoms in total. The van der Waals surface area contributed by atoms with E-state index in [0.717, 1.165) is 18.5 Å². The molecule has 1 fully saturated rings. The van der Waals surface area contributed by atoms with Crippen molar-refractivity contribution in [3.05, 3.63) is 29.3 Å². The number of carboxylic acids is 1. The molecule has 1 saturated heterocycles. The first-order chi connectivity index (χ1) is 10.8. The molecule has 1 aromatic carbocycles. The van der Waals surface area contributed by atoms with Gasteiger partial charge in [-0.2, -0.15) is 4.31 Å². The summed E-state index contributed by atoms with van der Waals surface area (Å²) >= 11 is 0. The number of benzene rings is 1. The molecule has 0 atom stereocenters. The van der Waals surface area contributed by atoms with Crippen LogP contribution >= 0.6 is 0 Å². The summed E-state index contributed by atoms with van der Waals surface area (Å²) in [6, 6.07) is 4.85. The number of nitrogen functional groups attached to an aromatic ring is 1. The van der Waals surface area contributed by atoms with Gasteiger partial charge < -0.3 is 15.7 Å². The predicted octanol–water partition coefficient (Wildman–Crippen LogP) is 0.477. The second kappa shape index (κ2) is 7.29. The largest absolute Gasteiger partial charge is 0.478 e. The number of nitrogens with two attached hydrogens (primary N) is 1. The van der Waals surface area contributed by atoms with E-state index in [2.05, 4.69) is 4.90 Å². The Morgan fingerprint density at radius 1 is 1.26 bits per heavy atom. The summed E-state index contributed by atoms with van der Waals surface area (Å²) in [7, 11) is -3.11. The molecular weight excluding hydrogens is 318 g/mol. The summed E-state index contributed by atoms with van der Waals surface area (Å²) in [5.41, 5.74) is 7.33. The normalized spacial score (nSPS) is 17.3. The number of hydrogen-bond donors (Lipinski definition) is 2. The molecule has 0 aliphatic carbocycles. The van der Waals surface area contributed by atoms with Gasteiger partial charge in [-0.25, -0.2) is 13.2 Å². The average Bonchev–Trinajstić information content (AvgIpc) is 2.46. The molecule has 1 aliphatic rings. The molecule has 8 heteroatoms. The second-order valence-corrected chi connectivity index (χ2v) is 7.81. The molecule has 2 rings (SSSR count). The molecule has 0 amide bonds. The molecule has 3 N–H and O–H groups in total. The Balaban J connectivity index is 1.85. The molecule has 128 valence electrons. The van der Waals surface area contributed by atoms with Crippen LogP contribution in [0.15, 0.2) is 18.2 Å². The fraction of sp³-hybridized carbons (Fsp3) is 0.533. The fourth-order valence-corrected chi connectivity index (χ4v) is 3.63. The summed E-state index contributed by atoms with van der Waals surface area (Å²) in [6.07, 6.45) is 2.68. The molecular formula is C15H23N3O4S. The van der Waals surface area contributed by atoms with Crippen molar-refractivity contribution in [2.75, 3.05) is 44.7 Å². The third-order valence-corrected chi connectivity index (χ3v) is 5.38. The van der Waals surface area contributed by atoms with Crippen molar-refractivity contribution < 1.29 is 18.3 Å². The lowest BCUT2D eigenvalue weighted by Gasteiger charge is -2.33. The molecule has 0 bridgehead atoms. The van der Waals surface area contributed by atoms with Gasteiger partial charge in [0.1, 0.15) is 0 Å². The highest BCUT2D eigenvalue weighted by atomic mass is 32.2. The molecule has 1 aromatic rings. The van der Waals surface area contributed by atoms with E-state index in [4.69, 9.17) is 5.73 Å². The summed E-state index contributed by atoms with van der Waals surface area (Å²) in [6.45, 7) is 3.24. The van der Waals surface area contributed by atoms with Gasteiger partial charge in [0, 0.05) is 31.9 Å². The van der Waals surface area contributed by atoms with Crippen LogP contribution in [0.5, 0.6) is 0 Å². The van der Waals surface area contributed by atoms with Gasteiger partial charge in [0.15, 0.2) is 0 Å². The highest BCUT2D eigenvalue weighted by Gasteiger charge is 2.23. The van der Waals surface area contributed by atoms with E-state index in [-0.39, 0.29) is 0 Å². The summed E-state index contributed by atoms with van der Waals surface area (Å²) in [5.74, 6) is -0.943. The summed E-state index contributed by atoms with van der Waals surface area (Å²) < 4.78 is 24.4. The maximum absolute atomic E-state index is 11.5. The van der Waals surface area contributed by atoms with E-state index in [0.29, 0.717) is 43.9 Å². The maximum atomic E-state index is 11.5. The van der Waals surface area contributed by atoms with Gasteiger partial charge in [0.05, 0.1) is 11.8 Å². The maximum Gasteiger partial charge on any atom is 0.335 e. The van der Waals surface area contributed by atoms with Gasteiger partial charge in [0.2, 0.25) is 10.0 Å². The van der Waals surface area contributed by atoms with Crippen LogP contribution in [-0.2, 0) is 16.4 Å². The molecule has 0 radical (unpaired) electrons. The number of carboxylic acid groups (broad SMARTS) is 1. The quantitative estimate of drug-likeness (QED) is 0.729. The Bertz CT molecular complexity index is 667. The Morgan fingerprint density at radius 3 is 2.48 bits per heavy atom. The van der Waals surface area contributed by atoms with Gasteiger partial charge in [-0.05, 0) is 43.1 Å². The number of aryl methyl sites for hydroxylation is 1. The van der Waals surface area contributed by atoms with Crippen LogP contribution in [0.2, 0.25) is 0 Å². The Labute approximate surface area is 136 Å². The number of piperazine rings is 1. The topological polar surface area (TPSA) is 104 Å². The fourth-order valence-electron chi connectivity index (χ4n) is 2.81. The predicted molar refractivity (Wildman–Crippen MR) is 89.0 cm³/mol. The van der Waals surface area contributed by atoms with Crippen LogP contribution in [0.25, 0.3) is 0 Å². The van der Waals surface area contributed by atoms with Crippen LogP contribution in [0.1, 0.15) is 22.3 Å². The second-order valence-electron chi connectivity index (χ2n) is 5.83. The Hall–Kier alpha value is -1.64. The molecule has 0 aromatic heterocycles. The number of hydrogen-bond acceptors (Lipinski definition) is 5. The zero-order valence-electron chi connectivity index (χ0n) is 13.2. The van der Waals surface area contributed by atoms with Crippen molar-refractivity contribution >= 4 is 21.7 Å². The number of rotatable bonds is 6. The zero-order chi connectivity index (χ0) is 17.0. The lowest BCUT2D eigenvalue weighted by atomic mass is 10.0. The first-order valence-electron chi connectivity index (χ1n) is 7.56. The zero-order valence-corrected chi connectivity index (χ0v) is 14.1. The summed E-state index contributed by atoms with van der Waals surface area (Å²) in [4.78, 5) is 13.4. The van der Waals surface area contributed by atoms with E-state index in [1.165, 1.54) is 16.6 Å². The monoisotopic (exact) mass is 341 g/mol. The highest BCUT2D eigenvalue weighted by molar-refractivity contribution is 7.88. The van der Waals surface area contributed by atoms with E-state index in [1.54, 1.807) is 12.1 Å². The van der Waals surface area contributed by atoms with Gasteiger partial charge in [-0.15, -0.1) is 0 Å². The van der Waals surface area contributed by atoms with Crippen molar-refractivity contribution in [2.45, 2.75) is 12.8 Å². The van der Waals surface area contributed by atoms with Crippen molar-refractivity contribution in [2.24, 2.45) is 0 Å². The number of carbonyl (C=O) groups is 1. The lowest BCUT2D eigenvalue weighted by molar-refractivity contribution is 0.0695. The van der Waals surface area contributed by atoms with Crippen molar-refractivity contribution in [3.8, 4) is 0 Å². The van der Waals surface area contributed by atoms with Crippen LogP contribution in [0, 0.1) is 0 Å². The van der Waals surface area contributed by atoms with E-state index >= 15 is 0 Å². The van der Waals surface area contributed by atoms with Gasteiger partial charge in [-0.3, -0.25) is 0 Å². The van der Waals surface area contributed by atoms with Crippen molar-refractivity contribution in [3.63, 3.8) is 0 Å². The third kappa shape index (κ3) is 4.92. The van der Waals surface area contributed by atoms with Crippen LogP contribution in [0.3, 0.4) is 0 Å². The number of sulfonamides is 1. The van der Waals surface area contributed by atoms with Gasteiger partial charge in [-0.1, -0.05) is 0 Å². The molecule has 0 unspecified atom stereocenters. The molecule has 0 spiro atoms. The van der Waals surface area contributed by atoms with Crippen LogP contribution < -0.4 is 5.73 Å². The lowest BCUT2D eigenvalue weighted by Crippen LogP contribution is -2.48. The minimum Gasteiger partial charge on any atom is -0.478 e. The SMILES string of the molecule is CS(=O)(=O)N1CCN(CCCc2cc(N)ccc2C(=O)O)CC1. The smallest absolute Gasteiger partial charge is 0.335 e. The first kappa shape index (κ1) is 17.7. The summed E-state index contributed by atoms with van der Waals surface area (Å²) in [5, 5.41) is 9.20. The molecule has 0 saturated carbocycles. The average molecular weight is 341 g/mol. The molecule has 1 aliphatic heterocycles. The van der Waals surface area contributed by atoms with Crippen molar-refractivity contribution in [1.29, 1.82) is 0 Å². The molecule has 1 heterocycles. The van der Waals surface area contributed by atoms with Crippen molar-refractivity contribution in [1.82, 2.24) is 9.21 Å². The standard InChI is InChI=1S/C15H23N3O4S/c1-23(21,22)18-9-7-17(8-10-18)6-2-3-12-11-13(16)4-5-14(12)15(19)20/h4-5,11H,2-3,6-10,16H2,1H3,(H,19,20). The highest BCUT2D eigenvalue weighted by Crippen LogP contribution is 2.16. The van der Waals surface area contributed by atoms with E-state index in [1.807, 2.05) is 0 Å².